The summed E-state index contributed by atoms with van der Waals surface area (Å²) < 4.78 is 0.849. The van der Waals surface area contributed by atoms with E-state index in [1.165, 1.54) is 12.3 Å². The van der Waals surface area contributed by atoms with E-state index in [0.717, 1.165) is 35.3 Å². The molecule has 0 saturated heterocycles. The lowest BCUT2D eigenvalue weighted by Gasteiger charge is -2.02. The van der Waals surface area contributed by atoms with Gasteiger partial charge < -0.3 is 10.3 Å². The van der Waals surface area contributed by atoms with Crippen LogP contribution in [-0.2, 0) is 12.8 Å². The third-order valence-corrected chi connectivity index (χ3v) is 2.13. The molecule has 0 aromatic carbocycles. The summed E-state index contributed by atoms with van der Waals surface area (Å²) in [5.74, 6) is 0.268. The van der Waals surface area contributed by atoms with Gasteiger partial charge in [0, 0.05) is 12.5 Å². The van der Waals surface area contributed by atoms with Gasteiger partial charge in [0.1, 0.15) is 5.75 Å². The van der Waals surface area contributed by atoms with Gasteiger partial charge in [0.25, 0.3) is 0 Å². The number of hydrogen-bond acceptors (Lipinski definition) is 2. The molecule has 0 fully saturated rings. The Labute approximate surface area is 64.5 Å². The molecule has 1 aromatic rings. The van der Waals surface area contributed by atoms with Gasteiger partial charge >= 0.3 is 0 Å². The molecule has 3 nitrogen and oxygen atoms in total. The maximum atomic E-state index is 11.1. The molecule has 1 heterocycles. The van der Waals surface area contributed by atoms with Gasteiger partial charge in [0.15, 0.2) is 11.9 Å². The van der Waals surface area contributed by atoms with E-state index in [1.807, 2.05) is 0 Å². The second-order valence-electron chi connectivity index (χ2n) is 2.81. The van der Waals surface area contributed by atoms with Crippen molar-refractivity contribution < 1.29 is 9.84 Å². The minimum absolute atomic E-state index is 0.268. The van der Waals surface area contributed by atoms with Crippen molar-refractivity contribution in [2.24, 2.45) is 0 Å². The molecule has 0 amide bonds. The van der Waals surface area contributed by atoms with Crippen molar-refractivity contribution in [3.05, 3.63) is 28.7 Å². The molecule has 58 valence electrons. The molecular weight excluding hydrogens is 142 g/mol. The predicted octanol–water partition coefficient (Wildman–Crippen LogP) is 0.514. The van der Waals surface area contributed by atoms with E-state index in [1.54, 1.807) is 0 Å². The number of hydrogen-bond donors (Lipinski definition) is 1. The Morgan fingerprint density at radius 1 is 1.45 bits per heavy atom. The highest BCUT2D eigenvalue weighted by Gasteiger charge is 2.22. The summed E-state index contributed by atoms with van der Waals surface area (Å²) >= 11 is 0. The van der Waals surface area contributed by atoms with Gasteiger partial charge in [-0.05, 0) is 12.8 Å². The van der Waals surface area contributed by atoms with Crippen LogP contribution in [0.1, 0.15) is 17.7 Å². The second kappa shape index (κ2) is 2.12. The van der Waals surface area contributed by atoms with Crippen LogP contribution in [0.15, 0.2) is 12.3 Å². The highest BCUT2D eigenvalue weighted by molar-refractivity contribution is 5.34. The summed E-state index contributed by atoms with van der Waals surface area (Å²) in [6.45, 7) is 0. The lowest BCUT2D eigenvalue weighted by Crippen LogP contribution is -2.30. The summed E-state index contributed by atoms with van der Waals surface area (Å²) in [6, 6.07) is 1.46. The molecule has 1 N–H and O–H groups in total. The number of rotatable bonds is 0. The van der Waals surface area contributed by atoms with Crippen LogP contribution >= 0.6 is 0 Å². The number of aromatic nitrogens is 1. The van der Waals surface area contributed by atoms with Gasteiger partial charge in [-0.1, -0.05) is 0 Å². The standard InChI is InChI=1S/C8H9NO2/c10-8-4-5-9(11)7-3-1-2-6(7)8/h4-5,10H,1-3H2. The van der Waals surface area contributed by atoms with Crippen LogP contribution < -0.4 is 4.73 Å². The van der Waals surface area contributed by atoms with Crippen LogP contribution in [0.5, 0.6) is 5.75 Å². The molecule has 0 bridgehead atoms. The third kappa shape index (κ3) is 0.843. The van der Waals surface area contributed by atoms with Gasteiger partial charge in [-0.15, -0.1) is 0 Å². The molecular formula is C8H9NO2. The lowest BCUT2D eigenvalue weighted by molar-refractivity contribution is -0.613. The third-order valence-electron chi connectivity index (χ3n) is 2.13. The fourth-order valence-electron chi connectivity index (χ4n) is 1.58. The molecule has 2 rings (SSSR count). The van der Waals surface area contributed by atoms with E-state index in [9.17, 15) is 10.3 Å². The van der Waals surface area contributed by atoms with E-state index in [2.05, 4.69) is 0 Å². The Bertz CT molecular complexity index is 267. The first kappa shape index (κ1) is 6.46. The average Bonchev–Trinajstić information content (AvgIpc) is 2.45. The Balaban J connectivity index is 2.64. The Morgan fingerprint density at radius 3 is 3.00 bits per heavy atom. The zero-order chi connectivity index (χ0) is 7.84. The molecule has 0 aliphatic heterocycles. The Morgan fingerprint density at radius 2 is 2.27 bits per heavy atom. The number of fused-ring (bicyclic) bond motifs is 1. The summed E-state index contributed by atoms with van der Waals surface area (Å²) in [4.78, 5) is 0. The molecule has 1 aromatic heterocycles. The van der Waals surface area contributed by atoms with Crippen LogP contribution in [0.25, 0.3) is 0 Å². The quantitative estimate of drug-likeness (QED) is 0.434. The van der Waals surface area contributed by atoms with Gasteiger partial charge in [-0.2, -0.15) is 4.73 Å². The van der Waals surface area contributed by atoms with Crippen molar-refractivity contribution >= 4 is 0 Å². The average molecular weight is 151 g/mol. The Kier molecular flexibility index (Phi) is 1.24. The lowest BCUT2D eigenvalue weighted by atomic mass is 10.2. The maximum absolute atomic E-state index is 11.1. The molecule has 0 saturated carbocycles. The van der Waals surface area contributed by atoms with Crippen molar-refractivity contribution in [3.63, 3.8) is 0 Å². The molecule has 0 atom stereocenters. The van der Waals surface area contributed by atoms with E-state index >= 15 is 0 Å². The topological polar surface area (TPSA) is 47.2 Å². The van der Waals surface area contributed by atoms with Gasteiger partial charge in [0.2, 0.25) is 0 Å². The molecule has 3 heteroatoms. The smallest absolute Gasteiger partial charge is 0.199 e. The SMILES string of the molecule is [O-][n+]1ccc(O)c2c1CCC2. The van der Waals surface area contributed by atoms with Gasteiger partial charge in [-0.25, -0.2) is 0 Å². The highest BCUT2D eigenvalue weighted by Crippen LogP contribution is 2.26. The normalized spacial score (nSPS) is 14.9. The van der Waals surface area contributed by atoms with Crippen molar-refractivity contribution in [2.75, 3.05) is 0 Å². The summed E-state index contributed by atoms with van der Waals surface area (Å²) in [7, 11) is 0. The van der Waals surface area contributed by atoms with E-state index in [4.69, 9.17) is 0 Å². The van der Waals surface area contributed by atoms with Crippen LogP contribution in [0.2, 0.25) is 0 Å². The van der Waals surface area contributed by atoms with Gasteiger partial charge in [0.05, 0.1) is 5.56 Å². The van der Waals surface area contributed by atoms with Crippen molar-refractivity contribution in [1.82, 2.24) is 0 Å². The summed E-state index contributed by atoms with van der Waals surface area (Å²) in [5.41, 5.74) is 1.58. The van der Waals surface area contributed by atoms with E-state index in [-0.39, 0.29) is 5.75 Å². The fraction of sp³-hybridized carbons (Fsp3) is 0.375. The van der Waals surface area contributed by atoms with Crippen LogP contribution in [0, 0.1) is 5.21 Å². The predicted molar refractivity (Wildman–Crippen MR) is 39.1 cm³/mol. The molecule has 1 aliphatic rings. The monoisotopic (exact) mass is 151 g/mol. The molecule has 0 spiro atoms. The van der Waals surface area contributed by atoms with E-state index in [0.29, 0.717) is 0 Å². The molecule has 0 unspecified atom stereocenters. The largest absolute Gasteiger partial charge is 0.618 e. The first-order valence-corrected chi connectivity index (χ1v) is 3.72. The summed E-state index contributed by atoms with van der Waals surface area (Å²) in [6.07, 6.45) is 3.98. The van der Waals surface area contributed by atoms with Crippen LogP contribution in [0.3, 0.4) is 0 Å². The number of pyridine rings is 1. The Hall–Kier alpha value is -1.25. The number of aromatic hydroxyl groups is 1. The fourth-order valence-corrected chi connectivity index (χ4v) is 1.58. The van der Waals surface area contributed by atoms with Gasteiger partial charge in [-0.3, -0.25) is 0 Å². The van der Waals surface area contributed by atoms with E-state index < -0.39 is 0 Å². The van der Waals surface area contributed by atoms with Crippen molar-refractivity contribution in [1.29, 1.82) is 0 Å². The molecule has 11 heavy (non-hydrogen) atoms. The zero-order valence-corrected chi connectivity index (χ0v) is 6.08. The summed E-state index contributed by atoms with van der Waals surface area (Å²) in [5, 5.41) is 20.4. The second-order valence-corrected chi connectivity index (χ2v) is 2.81. The number of nitrogens with zero attached hydrogens (tertiary/aromatic N) is 1. The van der Waals surface area contributed by atoms with Crippen molar-refractivity contribution in [3.8, 4) is 5.75 Å². The minimum Gasteiger partial charge on any atom is -0.618 e. The highest BCUT2D eigenvalue weighted by atomic mass is 16.5. The first-order valence-electron chi connectivity index (χ1n) is 3.72. The van der Waals surface area contributed by atoms with Crippen LogP contribution in [0.4, 0.5) is 0 Å². The zero-order valence-electron chi connectivity index (χ0n) is 6.08. The molecule has 0 radical (unpaired) electrons. The maximum Gasteiger partial charge on any atom is 0.199 e. The first-order chi connectivity index (χ1) is 5.29. The van der Waals surface area contributed by atoms with Crippen molar-refractivity contribution in [2.45, 2.75) is 19.3 Å². The minimum atomic E-state index is 0.268. The van der Waals surface area contributed by atoms with Crippen LogP contribution in [-0.4, -0.2) is 5.11 Å². The molecule has 1 aliphatic carbocycles.